The highest BCUT2D eigenvalue weighted by molar-refractivity contribution is 5.97. The van der Waals surface area contributed by atoms with Crippen LogP contribution in [-0.2, 0) is 11.0 Å². The van der Waals surface area contributed by atoms with Crippen molar-refractivity contribution in [3.8, 4) is 0 Å². The molecule has 1 fully saturated rings. The number of carbonyl (C=O) groups is 2. The van der Waals surface area contributed by atoms with Gasteiger partial charge < -0.3 is 15.5 Å². The lowest BCUT2D eigenvalue weighted by molar-refractivity contribution is -0.137. The van der Waals surface area contributed by atoms with E-state index in [0.717, 1.165) is 25.1 Å². The van der Waals surface area contributed by atoms with Crippen molar-refractivity contribution in [1.82, 2.24) is 15.3 Å². The maximum absolute atomic E-state index is 12.9. The minimum atomic E-state index is -4.44. The largest absolute Gasteiger partial charge is 0.417 e. The fraction of sp³-hybridized carbons (Fsp3) is 0.478. The van der Waals surface area contributed by atoms with E-state index >= 15 is 0 Å². The summed E-state index contributed by atoms with van der Waals surface area (Å²) in [6.07, 6.45) is -2.09. The van der Waals surface area contributed by atoms with Crippen LogP contribution in [0.4, 0.5) is 24.8 Å². The topological polar surface area (TPSA) is 87.2 Å². The van der Waals surface area contributed by atoms with Crippen LogP contribution in [0.2, 0.25) is 0 Å². The number of hydrogen-bond acceptors (Lipinski definition) is 5. The summed E-state index contributed by atoms with van der Waals surface area (Å²) in [6, 6.07) is 4.07. The van der Waals surface area contributed by atoms with Gasteiger partial charge in [-0.1, -0.05) is 13.8 Å². The van der Waals surface area contributed by atoms with E-state index in [9.17, 15) is 22.8 Å². The summed E-state index contributed by atoms with van der Waals surface area (Å²) in [4.78, 5) is 35.1. The number of aryl methyl sites for hydroxylation is 2. The number of carbonyl (C=O) groups excluding carboxylic acids is 2. The summed E-state index contributed by atoms with van der Waals surface area (Å²) in [5.41, 5.74) is 0.630. The highest BCUT2D eigenvalue weighted by atomic mass is 19.4. The number of hydrogen-bond donors (Lipinski definition) is 2. The number of piperidine rings is 1. The van der Waals surface area contributed by atoms with Crippen molar-refractivity contribution in [2.45, 2.75) is 52.8 Å². The number of aromatic nitrogens is 2. The van der Waals surface area contributed by atoms with Crippen LogP contribution in [0, 0.1) is 19.8 Å². The first-order valence-corrected chi connectivity index (χ1v) is 10.8. The maximum atomic E-state index is 12.9. The van der Waals surface area contributed by atoms with Crippen molar-refractivity contribution in [1.29, 1.82) is 0 Å². The molecule has 178 valence electrons. The van der Waals surface area contributed by atoms with E-state index in [0.29, 0.717) is 41.5 Å². The second-order valence-electron chi connectivity index (χ2n) is 8.65. The second kappa shape index (κ2) is 9.76. The Morgan fingerprint density at radius 2 is 1.91 bits per heavy atom. The van der Waals surface area contributed by atoms with Crippen molar-refractivity contribution in [3.63, 3.8) is 0 Å². The van der Waals surface area contributed by atoms with E-state index in [2.05, 4.69) is 20.6 Å². The molecule has 1 atom stereocenters. The van der Waals surface area contributed by atoms with E-state index < -0.39 is 11.7 Å². The van der Waals surface area contributed by atoms with Crippen molar-refractivity contribution in [2.75, 3.05) is 23.3 Å². The molecule has 0 unspecified atom stereocenters. The van der Waals surface area contributed by atoms with Gasteiger partial charge in [-0.15, -0.1) is 0 Å². The molecule has 0 aromatic carbocycles. The highest BCUT2D eigenvalue weighted by Crippen LogP contribution is 2.31. The fourth-order valence-corrected chi connectivity index (χ4v) is 3.74. The number of halogens is 3. The molecule has 3 rings (SSSR count). The molecule has 0 spiro atoms. The average molecular weight is 464 g/mol. The minimum Gasteiger partial charge on any atom is -0.354 e. The molecular weight excluding hydrogens is 435 g/mol. The molecule has 1 saturated heterocycles. The molecule has 2 N–H and O–H groups in total. The van der Waals surface area contributed by atoms with Gasteiger partial charge in [0.2, 0.25) is 5.91 Å². The van der Waals surface area contributed by atoms with Gasteiger partial charge in [0.25, 0.3) is 5.91 Å². The van der Waals surface area contributed by atoms with E-state index in [1.807, 2.05) is 4.90 Å². The molecule has 0 aliphatic carbocycles. The van der Waals surface area contributed by atoms with Gasteiger partial charge in [-0.25, -0.2) is 9.97 Å². The monoisotopic (exact) mass is 463 g/mol. The lowest BCUT2D eigenvalue weighted by Crippen LogP contribution is -2.48. The van der Waals surface area contributed by atoms with Crippen LogP contribution in [0.15, 0.2) is 24.4 Å². The molecule has 0 radical (unpaired) electrons. The van der Waals surface area contributed by atoms with E-state index in [-0.39, 0.29) is 23.8 Å². The Balaban J connectivity index is 1.70. The van der Waals surface area contributed by atoms with E-state index in [1.165, 1.54) is 6.07 Å². The number of alkyl halides is 3. The van der Waals surface area contributed by atoms with Crippen LogP contribution in [0.5, 0.6) is 0 Å². The third kappa shape index (κ3) is 6.21. The Kier molecular flexibility index (Phi) is 7.24. The summed E-state index contributed by atoms with van der Waals surface area (Å²) in [6.45, 7) is 7.95. The molecule has 0 saturated carbocycles. The Labute approximate surface area is 190 Å². The van der Waals surface area contributed by atoms with Crippen LogP contribution < -0.4 is 15.5 Å². The second-order valence-corrected chi connectivity index (χ2v) is 8.65. The zero-order valence-corrected chi connectivity index (χ0v) is 19.1. The molecule has 3 heterocycles. The van der Waals surface area contributed by atoms with Gasteiger partial charge in [-0.3, -0.25) is 9.59 Å². The minimum absolute atomic E-state index is 0.193. The first-order chi connectivity index (χ1) is 15.4. The van der Waals surface area contributed by atoms with Gasteiger partial charge in [0.1, 0.15) is 11.6 Å². The zero-order chi connectivity index (χ0) is 24.3. The zero-order valence-electron chi connectivity index (χ0n) is 19.1. The standard InChI is InChI=1S/C23H28F3N5O2/c1-13(2)21(32)30-19-10-16(9-15(4)28-19)22(33)29-18-6-5-7-31(12-18)20-14(3)8-17(11-27-20)23(24,25)26/h8-11,13,18H,5-7,12H2,1-4H3,(H,29,33)(H,28,30,32)/t18-/m1/s1. The first-order valence-electron chi connectivity index (χ1n) is 10.8. The Hall–Kier alpha value is -3.17. The Morgan fingerprint density at radius 1 is 1.18 bits per heavy atom. The lowest BCUT2D eigenvalue weighted by atomic mass is 10.0. The smallest absolute Gasteiger partial charge is 0.354 e. The SMILES string of the molecule is Cc1cc(C(=O)N[C@@H]2CCCN(c3ncc(C(F)(F)F)cc3C)C2)cc(NC(=O)C(C)C)n1. The lowest BCUT2D eigenvalue weighted by Gasteiger charge is -2.35. The van der Waals surface area contributed by atoms with Crippen LogP contribution >= 0.6 is 0 Å². The summed E-state index contributed by atoms with van der Waals surface area (Å²) < 4.78 is 38.8. The van der Waals surface area contributed by atoms with Gasteiger partial charge in [0.05, 0.1) is 5.56 Å². The number of amides is 2. The number of nitrogens with one attached hydrogen (secondary N) is 2. The average Bonchev–Trinajstić information content (AvgIpc) is 2.72. The summed E-state index contributed by atoms with van der Waals surface area (Å²) in [7, 11) is 0. The molecule has 7 nitrogen and oxygen atoms in total. The van der Waals surface area contributed by atoms with Gasteiger partial charge in [-0.05, 0) is 50.5 Å². The fourth-order valence-electron chi connectivity index (χ4n) is 3.74. The van der Waals surface area contributed by atoms with Crippen LogP contribution in [-0.4, -0.2) is 40.9 Å². The molecule has 1 aliphatic rings. The van der Waals surface area contributed by atoms with Crippen molar-refractivity contribution < 1.29 is 22.8 Å². The quantitative estimate of drug-likeness (QED) is 0.697. The molecule has 2 amide bonds. The van der Waals surface area contributed by atoms with Gasteiger partial charge in [0.15, 0.2) is 0 Å². The maximum Gasteiger partial charge on any atom is 0.417 e. The summed E-state index contributed by atoms with van der Waals surface area (Å²) >= 11 is 0. The van der Waals surface area contributed by atoms with E-state index in [4.69, 9.17) is 0 Å². The van der Waals surface area contributed by atoms with Crippen molar-refractivity contribution in [2.24, 2.45) is 5.92 Å². The predicted octanol–water partition coefficient (Wildman–Crippen LogP) is 4.11. The van der Waals surface area contributed by atoms with E-state index in [1.54, 1.807) is 33.8 Å². The van der Waals surface area contributed by atoms with Gasteiger partial charge >= 0.3 is 6.18 Å². The highest BCUT2D eigenvalue weighted by Gasteiger charge is 2.32. The Morgan fingerprint density at radius 3 is 2.55 bits per heavy atom. The summed E-state index contributed by atoms with van der Waals surface area (Å²) in [5.74, 6) is 0.0838. The number of nitrogens with zero attached hydrogens (tertiary/aromatic N) is 3. The third-order valence-corrected chi connectivity index (χ3v) is 5.43. The molecular formula is C23H28F3N5O2. The number of rotatable bonds is 5. The number of anilines is 2. The predicted molar refractivity (Wildman–Crippen MR) is 119 cm³/mol. The first kappa shape index (κ1) is 24.5. The van der Waals surface area contributed by atoms with Gasteiger partial charge in [-0.2, -0.15) is 13.2 Å². The molecule has 2 aromatic heterocycles. The number of pyridine rings is 2. The van der Waals surface area contributed by atoms with Crippen molar-refractivity contribution >= 4 is 23.5 Å². The van der Waals surface area contributed by atoms with Crippen LogP contribution in [0.25, 0.3) is 0 Å². The molecule has 33 heavy (non-hydrogen) atoms. The summed E-state index contributed by atoms with van der Waals surface area (Å²) in [5, 5.41) is 5.70. The third-order valence-electron chi connectivity index (χ3n) is 5.43. The van der Waals surface area contributed by atoms with Crippen molar-refractivity contribution in [3.05, 3.63) is 46.8 Å². The van der Waals surface area contributed by atoms with Crippen LogP contribution in [0.3, 0.4) is 0 Å². The van der Waals surface area contributed by atoms with Crippen LogP contribution in [0.1, 0.15) is 53.9 Å². The molecule has 2 aromatic rings. The molecule has 10 heteroatoms. The Bertz CT molecular complexity index is 1040. The van der Waals surface area contributed by atoms with Gasteiger partial charge in [0, 0.05) is 42.5 Å². The normalized spacial score (nSPS) is 16.6. The molecule has 0 bridgehead atoms. The molecule has 1 aliphatic heterocycles.